The van der Waals surface area contributed by atoms with Crippen molar-refractivity contribution in [3.05, 3.63) is 144 Å². The van der Waals surface area contributed by atoms with Gasteiger partial charge < -0.3 is 38.2 Å². The Morgan fingerprint density at radius 2 is 1.29 bits per heavy atom. The quantitative estimate of drug-likeness (QED) is 0.106. The minimum Gasteiger partial charge on any atom is -0.478 e. The summed E-state index contributed by atoms with van der Waals surface area (Å²) in [6.07, 6.45) is -0.346. The number of aromatic carboxylic acids is 1. The summed E-state index contributed by atoms with van der Waals surface area (Å²) >= 11 is 0. The maximum absolute atomic E-state index is 10.2. The van der Waals surface area contributed by atoms with Gasteiger partial charge >= 0.3 is 14.6 Å². The summed E-state index contributed by atoms with van der Waals surface area (Å²) in [5, 5.41) is 29.3. The number of ether oxygens (including phenoxy) is 1. The molecule has 0 amide bonds. The van der Waals surface area contributed by atoms with Gasteiger partial charge in [-0.25, -0.2) is 4.79 Å². The standard InChI is InChI=1S/C28H32NO6P.C7H6O2/c1-22(31)27(18-30)35-28(29-17-16-25-14-8-9-15-26(25)29)21-34-36(32-19-23-10-4-2-5-11-23)33-20-24-12-6-3-7-13-24;8-7(9)6-4-2-1-3-5-6/h2-17,22,27-28,30-31H,18-21H2,1H3;1-5H,(H,8,9). The summed E-state index contributed by atoms with van der Waals surface area (Å²) in [7, 11) is -1.72. The Balaban J connectivity index is 0.000000440. The molecule has 4 aromatic carbocycles. The number of carboxylic acid groups (broad SMARTS) is 1. The molecule has 1 heterocycles. The minimum atomic E-state index is -1.72. The van der Waals surface area contributed by atoms with Crippen LogP contribution in [0.2, 0.25) is 0 Å². The lowest BCUT2D eigenvalue weighted by molar-refractivity contribution is -0.130. The van der Waals surface area contributed by atoms with Gasteiger partial charge in [0.25, 0.3) is 0 Å². The van der Waals surface area contributed by atoms with Crippen LogP contribution in [0.3, 0.4) is 0 Å². The van der Waals surface area contributed by atoms with Crippen molar-refractivity contribution in [2.45, 2.75) is 38.6 Å². The molecule has 0 aliphatic heterocycles. The van der Waals surface area contributed by atoms with Gasteiger partial charge in [-0.05, 0) is 47.7 Å². The molecule has 0 spiro atoms. The largest absolute Gasteiger partial charge is 0.478 e. The molecule has 3 N–H and O–H groups in total. The monoisotopic (exact) mass is 631 g/mol. The van der Waals surface area contributed by atoms with E-state index in [1.54, 1.807) is 37.3 Å². The first kappa shape index (κ1) is 34.0. The van der Waals surface area contributed by atoms with E-state index in [1.165, 1.54) is 0 Å². The van der Waals surface area contributed by atoms with E-state index in [-0.39, 0.29) is 13.2 Å². The van der Waals surface area contributed by atoms with Crippen LogP contribution in [0, 0.1) is 0 Å². The third-order valence-corrected chi connectivity index (χ3v) is 7.73. The fourth-order valence-electron chi connectivity index (χ4n) is 4.27. The first-order valence-electron chi connectivity index (χ1n) is 14.5. The van der Waals surface area contributed by atoms with E-state index >= 15 is 0 Å². The third-order valence-electron chi connectivity index (χ3n) is 6.69. The SMILES string of the molecule is CC(O)C(CO)OC(COP(OCc1ccccc1)OCc1ccccc1)n1ccc2ccccc21.O=C(O)c1ccccc1. The molecule has 3 atom stereocenters. The van der Waals surface area contributed by atoms with Crippen LogP contribution in [-0.4, -0.2) is 51.3 Å². The van der Waals surface area contributed by atoms with E-state index in [0.717, 1.165) is 22.0 Å². The number of hydrogen-bond donors (Lipinski definition) is 3. The molecule has 0 bridgehead atoms. The lowest BCUT2D eigenvalue weighted by atomic mass is 10.2. The zero-order valence-corrected chi connectivity index (χ0v) is 25.9. The Labute approximate surface area is 264 Å². The molecule has 0 saturated heterocycles. The lowest BCUT2D eigenvalue weighted by Crippen LogP contribution is -2.34. The number of nitrogens with zero attached hydrogens (tertiary/aromatic N) is 1. The molecule has 0 aliphatic carbocycles. The van der Waals surface area contributed by atoms with Gasteiger partial charge in [0.05, 0.1) is 37.0 Å². The number of carbonyl (C=O) groups is 1. The Bertz CT molecular complexity index is 1510. The molecule has 45 heavy (non-hydrogen) atoms. The first-order chi connectivity index (χ1) is 21.9. The van der Waals surface area contributed by atoms with Crippen molar-refractivity contribution >= 4 is 25.5 Å². The summed E-state index contributed by atoms with van der Waals surface area (Å²) < 4.78 is 26.3. The average Bonchev–Trinajstić information content (AvgIpc) is 3.51. The van der Waals surface area contributed by atoms with Crippen molar-refractivity contribution in [1.29, 1.82) is 0 Å². The van der Waals surface area contributed by atoms with Crippen LogP contribution in [0.15, 0.2) is 128 Å². The second kappa shape index (κ2) is 18.1. The zero-order chi connectivity index (χ0) is 31.9. The number of rotatable bonds is 15. The molecule has 1 aromatic heterocycles. The third kappa shape index (κ3) is 10.9. The minimum absolute atomic E-state index is 0.0944. The van der Waals surface area contributed by atoms with E-state index in [1.807, 2.05) is 102 Å². The fourth-order valence-corrected chi connectivity index (χ4v) is 5.25. The second-order valence-electron chi connectivity index (χ2n) is 10.0. The van der Waals surface area contributed by atoms with Crippen molar-refractivity contribution < 1.29 is 38.4 Å². The summed E-state index contributed by atoms with van der Waals surface area (Å²) in [5.74, 6) is -0.879. The van der Waals surface area contributed by atoms with Crippen LogP contribution in [0.25, 0.3) is 10.9 Å². The van der Waals surface area contributed by atoms with Crippen LogP contribution >= 0.6 is 8.60 Å². The summed E-state index contributed by atoms with van der Waals surface area (Å²) in [6.45, 7) is 2.04. The topological polar surface area (TPSA) is 120 Å². The van der Waals surface area contributed by atoms with E-state index < -0.39 is 33.0 Å². The Kier molecular flexibility index (Phi) is 13.7. The molecule has 236 valence electrons. The zero-order valence-electron chi connectivity index (χ0n) is 25.0. The highest BCUT2D eigenvalue weighted by Crippen LogP contribution is 2.43. The first-order valence-corrected chi connectivity index (χ1v) is 15.6. The van der Waals surface area contributed by atoms with E-state index in [2.05, 4.69) is 0 Å². The highest BCUT2D eigenvalue weighted by atomic mass is 31.2. The van der Waals surface area contributed by atoms with Gasteiger partial charge in [-0.2, -0.15) is 0 Å². The number of benzene rings is 4. The van der Waals surface area contributed by atoms with Gasteiger partial charge in [0.15, 0.2) is 6.23 Å². The molecule has 5 aromatic rings. The number of hydrogen-bond acceptors (Lipinski definition) is 7. The Morgan fingerprint density at radius 3 is 1.80 bits per heavy atom. The van der Waals surface area contributed by atoms with E-state index in [4.69, 9.17) is 23.4 Å². The van der Waals surface area contributed by atoms with Crippen molar-refractivity contribution in [2.24, 2.45) is 0 Å². The van der Waals surface area contributed by atoms with Crippen molar-refractivity contribution in [3.8, 4) is 0 Å². The van der Waals surface area contributed by atoms with Crippen molar-refractivity contribution in [3.63, 3.8) is 0 Å². The number of aliphatic hydroxyl groups excluding tert-OH is 2. The summed E-state index contributed by atoms with van der Waals surface area (Å²) in [4.78, 5) is 10.2. The van der Waals surface area contributed by atoms with Crippen LogP contribution in [-0.2, 0) is 31.5 Å². The summed E-state index contributed by atoms with van der Waals surface area (Å²) in [6, 6.07) is 37.9. The lowest BCUT2D eigenvalue weighted by Gasteiger charge is -2.28. The molecule has 3 unspecified atom stereocenters. The van der Waals surface area contributed by atoms with Crippen LogP contribution in [0.1, 0.15) is 34.6 Å². The number of aliphatic hydroxyl groups is 2. The molecular formula is C35H38NO8P. The molecule has 10 heteroatoms. The molecule has 0 saturated carbocycles. The van der Waals surface area contributed by atoms with E-state index in [9.17, 15) is 15.0 Å². The van der Waals surface area contributed by atoms with Crippen molar-refractivity contribution in [2.75, 3.05) is 13.2 Å². The van der Waals surface area contributed by atoms with Gasteiger partial charge in [0.1, 0.15) is 12.7 Å². The van der Waals surface area contributed by atoms with Crippen molar-refractivity contribution in [1.82, 2.24) is 4.57 Å². The highest BCUT2D eigenvalue weighted by Gasteiger charge is 2.25. The Morgan fingerprint density at radius 1 is 0.756 bits per heavy atom. The Hall–Kier alpha value is -3.92. The van der Waals surface area contributed by atoms with Crippen LogP contribution < -0.4 is 0 Å². The van der Waals surface area contributed by atoms with Gasteiger partial charge in [-0.15, -0.1) is 0 Å². The highest BCUT2D eigenvalue weighted by molar-refractivity contribution is 7.41. The van der Waals surface area contributed by atoms with Gasteiger partial charge in [0.2, 0.25) is 0 Å². The molecule has 0 aliphatic rings. The van der Waals surface area contributed by atoms with E-state index in [0.29, 0.717) is 18.8 Å². The smallest absolute Gasteiger partial charge is 0.335 e. The molecular weight excluding hydrogens is 593 g/mol. The summed E-state index contributed by atoms with van der Waals surface area (Å²) in [5.41, 5.74) is 3.30. The predicted molar refractivity (Wildman–Crippen MR) is 173 cm³/mol. The number of para-hydroxylation sites is 1. The maximum atomic E-state index is 10.2. The number of carboxylic acids is 1. The van der Waals surface area contributed by atoms with Crippen LogP contribution in [0.4, 0.5) is 0 Å². The average molecular weight is 632 g/mol. The normalized spacial score (nSPS) is 13.2. The molecule has 9 nitrogen and oxygen atoms in total. The maximum Gasteiger partial charge on any atom is 0.335 e. The second-order valence-corrected chi connectivity index (χ2v) is 11.3. The predicted octanol–water partition coefficient (Wildman–Crippen LogP) is 6.96. The molecule has 5 rings (SSSR count). The number of aromatic nitrogens is 1. The fraction of sp³-hybridized carbons (Fsp3) is 0.229. The molecule has 0 fully saturated rings. The number of fused-ring (bicyclic) bond motifs is 1. The molecule has 0 radical (unpaired) electrons. The van der Waals surface area contributed by atoms with Gasteiger partial charge in [-0.1, -0.05) is 97.1 Å². The van der Waals surface area contributed by atoms with Gasteiger partial charge in [0, 0.05) is 6.20 Å². The van der Waals surface area contributed by atoms with Crippen LogP contribution in [0.5, 0.6) is 0 Å². The van der Waals surface area contributed by atoms with Gasteiger partial charge in [-0.3, -0.25) is 0 Å².